The summed E-state index contributed by atoms with van der Waals surface area (Å²) in [5.74, 6) is -1.30. The number of ether oxygens (including phenoxy) is 1. The molecule has 1 aromatic carbocycles. The third kappa shape index (κ3) is 0.816. The van der Waals surface area contributed by atoms with Crippen LogP contribution in [0.1, 0.15) is 22.2 Å². The third-order valence-electron chi connectivity index (χ3n) is 1.74. The molecule has 1 unspecified atom stereocenters. The van der Waals surface area contributed by atoms with Gasteiger partial charge < -0.3 is 9.84 Å². The first-order valence-electron chi connectivity index (χ1n) is 3.37. The number of carbonyl (C=O) groups is 1. The zero-order chi connectivity index (χ0) is 8.72. The van der Waals surface area contributed by atoms with Gasteiger partial charge in [0, 0.05) is 0 Å². The second-order valence-electron chi connectivity index (χ2n) is 2.46. The molecule has 0 bridgehead atoms. The summed E-state index contributed by atoms with van der Waals surface area (Å²) in [5.41, 5.74) is 0.0324. The Kier molecular flexibility index (Phi) is 1.38. The van der Waals surface area contributed by atoms with Crippen molar-refractivity contribution in [3.63, 3.8) is 0 Å². The highest BCUT2D eigenvalue weighted by atomic mass is 19.1. The van der Waals surface area contributed by atoms with Gasteiger partial charge in [0.25, 0.3) is 0 Å². The van der Waals surface area contributed by atoms with E-state index in [0.717, 1.165) is 0 Å². The highest BCUT2D eigenvalue weighted by Gasteiger charge is 2.31. The molecule has 0 radical (unpaired) electrons. The van der Waals surface area contributed by atoms with E-state index < -0.39 is 18.1 Å². The van der Waals surface area contributed by atoms with Crippen LogP contribution in [0.15, 0.2) is 18.2 Å². The molecule has 0 amide bonds. The number of rotatable bonds is 0. The van der Waals surface area contributed by atoms with Gasteiger partial charge in [0.1, 0.15) is 5.82 Å². The minimum atomic E-state index is -1.45. The first-order chi connectivity index (χ1) is 5.70. The zero-order valence-electron chi connectivity index (χ0n) is 5.95. The van der Waals surface area contributed by atoms with Crippen LogP contribution >= 0.6 is 0 Å². The van der Waals surface area contributed by atoms with Crippen molar-refractivity contribution < 1.29 is 19.0 Å². The van der Waals surface area contributed by atoms with Crippen LogP contribution in [0.2, 0.25) is 0 Å². The minimum Gasteiger partial charge on any atom is -0.428 e. The molecule has 3 nitrogen and oxygen atoms in total. The average Bonchev–Trinajstić information content (AvgIpc) is 2.29. The number of halogens is 1. The number of hydrogen-bond acceptors (Lipinski definition) is 3. The van der Waals surface area contributed by atoms with E-state index >= 15 is 0 Å². The first kappa shape index (κ1) is 7.24. The lowest BCUT2D eigenvalue weighted by atomic mass is 10.1. The van der Waals surface area contributed by atoms with Gasteiger partial charge in [-0.15, -0.1) is 0 Å². The van der Waals surface area contributed by atoms with Crippen LogP contribution in [-0.2, 0) is 4.74 Å². The molecule has 2 rings (SSSR count). The van der Waals surface area contributed by atoms with E-state index in [9.17, 15) is 9.18 Å². The molecule has 0 spiro atoms. The maximum atomic E-state index is 12.9. The number of hydrogen-bond donors (Lipinski definition) is 1. The van der Waals surface area contributed by atoms with Crippen molar-refractivity contribution in [2.45, 2.75) is 6.29 Å². The summed E-state index contributed by atoms with van der Waals surface area (Å²) in [7, 11) is 0. The van der Waals surface area contributed by atoms with Crippen molar-refractivity contribution in [2.75, 3.05) is 0 Å². The van der Waals surface area contributed by atoms with Crippen LogP contribution < -0.4 is 0 Å². The van der Waals surface area contributed by atoms with Gasteiger partial charge in [0.2, 0.25) is 6.29 Å². The molecule has 1 N–H and O–H groups in total. The fourth-order valence-electron chi connectivity index (χ4n) is 1.19. The maximum absolute atomic E-state index is 12.9. The van der Waals surface area contributed by atoms with Gasteiger partial charge in [0.15, 0.2) is 0 Å². The summed E-state index contributed by atoms with van der Waals surface area (Å²) in [6.07, 6.45) is -1.45. The van der Waals surface area contributed by atoms with Crippen LogP contribution in [0.25, 0.3) is 0 Å². The Labute approximate surface area is 67.4 Å². The molecule has 0 saturated heterocycles. The molecule has 1 heterocycles. The molecule has 0 saturated carbocycles. The van der Waals surface area contributed by atoms with Gasteiger partial charge in [0.05, 0.1) is 11.1 Å². The summed E-state index contributed by atoms with van der Waals surface area (Å²) in [5, 5.41) is 9.05. The first-order valence-corrected chi connectivity index (χ1v) is 3.37. The lowest BCUT2D eigenvalue weighted by molar-refractivity contribution is -0.0562. The van der Waals surface area contributed by atoms with Crippen molar-refractivity contribution in [3.8, 4) is 0 Å². The number of esters is 1. The average molecular weight is 168 g/mol. The molecule has 0 aromatic heterocycles. The molecule has 1 aliphatic rings. The lowest BCUT2D eigenvalue weighted by Crippen LogP contribution is -1.96. The fraction of sp³-hybridized carbons (Fsp3) is 0.125. The van der Waals surface area contributed by atoms with Gasteiger partial charge in [-0.25, -0.2) is 9.18 Å². The van der Waals surface area contributed by atoms with Crippen LogP contribution in [0.3, 0.4) is 0 Å². The molecule has 62 valence electrons. The summed E-state index contributed by atoms with van der Waals surface area (Å²) in [6.45, 7) is 0. The Morgan fingerprint density at radius 2 is 2.25 bits per heavy atom. The molecule has 0 aliphatic carbocycles. The van der Waals surface area contributed by atoms with Crippen LogP contribution in [-0.4, -0.2) is 11.1 Å². The quantitative estimate of drug-likeness (QED) is 0.587. The second-order valence-corrected chi connectivity index (χ2v) is 2.46. The Hall–Kier alpha value is -1.42. The summed E-state index contributed by atoms with van der Waals surface area (Å²) < 4.78 is 17.3. The highest BCUT2D eigenvalue weighted by Crippen LogP contribution is 2.30. The third-order valence-corrected chi connectivity index (χ3v) is 1.74. The fourth-order valence-corrected chi connectivity index (χ4v) is 1.19. The predicted molar refractivity (Wildman–Crippen MR) is 36.8 cm³/mol. The summed E-state index contributed by atoms with van der Waals surface area (Å²) in [4.78, 5) is 10.9. The van der Waals surface area contributed by atoms with E-state index in [1.54, 1.807) is 0 Å². The van der Waals surface area contributed by atoms with Crippen LogP contribution in [0, 0.1) is 5.82 Å². The topological polar surface area (TPSA) is 46.5 Å². The van der Waals surface area contributed by atoms with E-state index in [2.05, 4.69) is 4.74 Å². The number of cyclic esters (lactones) is 1. The normalized spacial score (nSPS) is 20.5. The number of aliphatic hydroxyl groups excluding tert-OH is 1. The molecular weight excluding hydrogens is 163 g/mol. The number of fused-ring (bicyclic) bond motifs is 1. The molecule has 1 atom stereocenters. The predicted octanol–water partition coefficient (Wildman–Crippen LogP) is 0.987. The standard InChI is InChI=1S/C8H5FO3/c9-5-3-1-2-4-6(5)8(11)12-7(4)10/h1-3,8,11H. The second kappa shape index (κ2) is 2.28. The van der Waals surface area contributed by atoms with E-state index in [1.165, 1.54) is 18.2 Å². The van der Waals surface area contributed by atoms with Crippen LogP contribution in [0.5, 0.6) is 0 Å². The van der Waals surface area contributed by atoms with Gasteiger partial charge in [-0.05, 0) is 12.1 Å². The SMILES string of the molecule is O=C1OC(O)c2c(F)cccc21. The zero-order valence-corrected chi connectivity index (χ0v) is 5.95. The summed E-state index contributed by atoms with van der Waals surface area (Å²) >= 11 is 0. The lowest BCUT2D eigenvalue weighted by Gasteiger charge is -2.00. The Bertz CT molecular complexity index is 348. The van der Waals surface area contributed by atoms with Crippen molar-refractivity contribution >= 4 is 5.97 Å². The monoisotopic (exact) mass is 168 g/mol. The van der Waals surface area contributed by atoms with E-state index in [4.69, 9.17) is 5.11 Å². The molecule has 12 heavy (non-hydrogen) atoms. The molecular formula is C8H5FO3. The smallest absolute Gasteiger partial charge is 0.341 e. The van der Waals surface area contributed by atoms with Crippen molar-refractivity contribution in [1.29, 1.82) is 0 Å². The number of aliphatic hydroxyl groups is 1. The van der Waals surface area contributed by atoms with Crippen LogP contribution in [0.4, 0.5) is 4.39 Å². The molecule has 4 heteroatoms. The Balaban J connectivity index is 2.67. The van der Waals surface area contributed by atoms with Crippen molar-refractivity contribution in [1.82, 2.24) is 0 Å². The maximum Gasteiger partial charge on any atom is 0.341 e. The van der Waals surface area contributed by atoms with Gasteiger partial charge >= 0.3 is 5.97 Å². The van der Waals surface area contributed by atoms with Gasteiger partial charge in [-0.3, -0.25) is 0 Å². The van der Waals surface area contributed by atoms with E-state index in [-0.39, 0.29) is 11.1 Å². The van der Waals surface area contributed by atoms with Crippen molar-refractivity contribution in [2.24, 2.45) is 0 Å². The Morgan fingerprint density at radius 3 is 2.92 bits per heavy atom. The number of benzene rings is 1. The molecule has 1 aromatic rings. The van der Waals surface area contributed by atoms with E-state index in [0.29, 0.717) is 0 Å². The minimum absolute atomic E-state index is 0.0671. The van der Waals surface area contributed by atoms with Crippen molar-refractivity contribution in [3.05, 3.63) is 35.1 Å². The molecule has 1 aliphatic heterocycles. The Morgan fingerprint density at radius 1 is 1.50 bits per heavy atom. The largest absolute Gasteiger partial charge is 0.428 e. The highest BCUT2D eigenvalue weighted by molar-refractivity contribution is 5.93. The number of carbonyl (C=O) groups excluding carboxylic acids is 1. The van der Waals surface area contributed by atoms with E-state index in [1.807, 2.05) is 0 Å². The van der Waals surface area contributed by atoms with Gasteiger partial charge in [-0.2, -0.15) is 0 Å². The molecule has 0 fully saturated rings. The van der Waals surface area contributed by atoms with Gasteiger partial charge in [-0.1, -0.05) is 6.07 Å². The summed E-state index contributed by atoms with van der Waals surface area (Å²) in [6, 6.07) is 3.98.